The molecule has 9 aromatic rings. The Morgan fingerprint density at radius 2 is 0.845 bits per heavy atom. The van der Waals surface area contributed by atoms with E-state index in [0.717, 1.165) is 45.7 Å². The predicted octanol–water partition coefficient (Wildman–Crippen LogP) is 10.5. The molecule has 0 amide bonds. The molecule has 5 nitrogen and oxygen atoms in total. The molecule has 0 saturated carbocycles. The summed E-state index contributed by atoms with van der Waals surface area (Å²) in [6.45, 7) is 14.0. The molecule has 0 N–H and O–H groups in total. The standard InChI is InChI=1S/C63H50B3N3O2/c1-36(2)39-31-41(37(3)4)59(42(32-39)38(5)6)66-45-23-12-16-28-55(45)70-58-35-52-47(33-48(58)66)65-44-22-11-14-26-50(44)68-49-25-13-10-21-43(49)64-46-24-18-30-57-62(46)69(51-27-15-17-29-56(51)71-57)54-34-53(60(65)63(68)61(54)64)67(52)40-19-8-7-9-20-40/h7-38H,1-6H3. The van der Waals surface area contributed by atoms with Crippen LogP contribution in [0.3, 0.4) is 0 Å². The van der Waals surface area contributed by atoms with Crippen LogP contribution in [0.4, 0.5) is 51.2 Å². The van der Waals surface area contributed by atoms with Crippen molar-refractivity contribution in [2.45, 2.75) is 59.3 Å². The monoisotopic (exact) mass is 913 g/mol. The van der Waals surface area contributed by atoms with E-state index < -0.39 is 0 Å². The zero-order chi connectivity index (χ0) is 47.6. The summed E-state index contributed by atoms with van der Waals surface area (Å²) in [6, 6.07) is 65.9. The van der Waals surface area contributed by atoms with E-state index in [1.807, 2.05) is 0 Å². The van der Waals surface area contributed by atoms with Crippen LogP contribution >= 0.6 is 0 Å². The second kappa shape index (κ2) is 14.8. The van der Waals surface area contributed by atoms with Crippen molar-refractivity contribution in [2.75, 3.05) is 14.7 Å². The predicted molar refractivity (Wildman–Crippen MR) is 300 cm³/mol. The van der Waals surface area contributed by atoms with Gasteiger partial charge in [0.25, 0.3) is 20.1 Å². The molecule has 0 spiro atoms. The Morgan fingerprint density at radius 1 is 0.324 bits per heavy atom. The molecule has 0 saturated heterocycles. The van der Waals surface area contributed by atoms with Crippen molar-refractivity contribution in [3.05, 3.63) is 193 Å². The number of hydrogen-bond donors (Lipinski definition) is 0. The first-order valence-electron chi connectivity index (χ1n) is 25.6. The topological polar surface area (TPSA) is 28.2 Å². The van der Waals surface area contributed by atoms with E-state index in [4.69, 9.17) is 9.47 Å². The molecule has 6 heterocycles. The maximum atomic E-state index is 7.25. The Kier molecular flexibility index (Phi) is 8.58. The number of hydrogen-bond acceptors (Lipinski definition) is 5. The fraction of sp³-hybridized carbons (Fsp3) is 0.143. The highest BCUT2D eigenvalue weighted by Gasteiger charge is 2.53. The SMILES string of the molecule is CC(C)c1cc(C(C)C)c(B2c3ccccc3Oc3cc4c(cc32)B2c3ccccc3N3c5ccccc5B5c6cccc7c6N(c6ccccc6O7)c6cc(c2c3c65)N4c2ccccc2)c(C(C)C)c1. The van der Waals surface area contributed by atoms with Crippen LogP contribution in [-0.2, 0) is 0 Å². The summed E-state index contributed by atoms with van der Waals surface area (Å²) < 4.78 is 14.1. The minimum atomic E-state index is -0.0797. The third kappa shape index (κ3) is 5.51. The third-order valence-corrected chi connectivity index (χ3v) is 16.4. The lowest BCUT2D eigenvalue weighted by atomic mass is 9.28. The number of para-hydroxylation sites is 7. The number of rotatable bonds is 5. The molecule has 6 aliphatic rings. The number of anilines is 9. The van der Waals surface area contributed by atoms with Crippen LogP contribution in [0.1, 0.15) is 76.0 Å². The van der Waals surface area contributed by atoms with Gasteiger partial charge in [0.05, 0.1) is 11.4 Å². The summed E-state index contributed by atoms with van der Waals surface area (Å²) in [5.41, 5.74) is 26.4. The highest BCUT2D eigenvalue weighted by atomic mass is 16.5. The van der Waals surface area contributed by atoms with E-state index in [-0.39, 0.29) is 20.1 Å². The van der Waals surface area contributed by atoms with E-state index in [9.17, 15) is 0 Å². The van der Waals surface area contributed by atoms with Crippen molar-refractivity contribution < 1.29 is 9.47 Å². The van der Waals surface area contributed by atoms with Crippen LogP contribution in [0.15, 0.2) is 176 Å². The first-order valence-corrected chi connectivity index (χ1v) is 25.6. The van der Waals surface area contributed by atoms with Crippen molar-refractivity contribution in [3.8, 4) is 23.0 Å². The average molecular weight is 914 g/mol. The number of ether oxygens (including phenoxy) is 2. The highest BCUT2D eigenvalue weighted by Crippen LogP contribution is 2.55. The van der Waals surface area contributed by atoms with Crippen LogP contribution < -0.4 is 73.3 Å². The van der Waals surface area contributed by atoms with E-state index in [1.54, 1.807) is 0 Å². The van der Waals surface area contributed by atoms with E-state index in [0.29, 0.717) is 17.8 Å². The van der Waals surface area contributed by atoms with Crippen molar-refractivity contribution in [2.24, 2.45) is 0 Å². The Balaban J connectivity index is 1.08. The molecule has 0 atom stereocenters. The normalized spacial score (nSPS) is 14.5. The number of benzene rings is 9. The summed E-state index contributed by atoms with van der Waals surface area (Å²) in [6.07, 6.45) is 0. The highest BCUT2D eigenvalue weighted by molar-refractivity contribution is 7.05. The van der Waals surface area contributed by atoms with E-state index in [2.05, 4.69) is 232 Å². The van der Waals surface area contributed by atoms with E-state index >= 15 is 0 Å². The quantitative estimate of drug-likeness (QED) is 0.161. The Bertz CT molecular complexity index is 3740. The van der Waals surface area contributed by atoms with Gasteiger partial charge in [0.1, 0.15) is 11.5 Å². The summed E-state index contributed by atoms with van der Waals surface area (Å²) in [5, 5.41) is 0. The van der Waals surface area contributed by atoms with Gasteiger partial charge in [-0.1, -0.05) is 162 Å². The molecule has 6 aliphatic heterocycles. The van der Waals surface area contributed by atoms with Gasteiger partial charge in [-0.05, 0) is 133 Å². The molecular formula is C63H50B3N3O2. The van der Waals surface area contributed by atoms with Crippen LogP contribution in [-0.4, -0.2) is 20.1 Å². The van der Waals surface area contributed by atoms with Gasteiger partial charge in [-0.25, -0.2) is 0 Å². The van der Waals surface area contributed by atoms with Crippen LogP contribution in [0.2, 0.25) is 0 Å². The van der Waals surface area contributed by atoms with Gasteiger partial charge in [0.2, 0.25) is 0 Å². The maximum absolute atomic E-state index is 7.25. The molecular weight excluding hydrogens is 863 g/mol. The zero-order valence-corrected chi connectivity index (χ0v) is 40.9. The van der Waals surface area contributed by atoms with Crippen LogP contribution in [0.5, 0.6) is 23.0 Å². The van der Waals surface area contributed by atoms with Crippen molar-refractivity contribution in [1.29, 1.82) is 0 Å². The summed E-state index contributed by atoms with van der Waals surface area (Å²) >= 11 is 0. The molecule has 0 fully saturated rings. The zero-order valence-electron chi connectivity index (χ0n) is 40.9. The molecule has 0 unspecified atom stereocenters. The van der Waals surface area contributed by atoms with E-state index in [1.165, 1.54) is 94.3 Å². The fourth-order valence-corrected chi connectivity index (χ4v) is 13.4. The first-order chi connectivity index (χ1) is 34.7. The summed E-state index contributed by atoms with van der Waals surface area (Å²) in [4.78, 5) is 7.67. The Labute approximate surface area is 417 Å². The molecule has 15 rings (SSSR count). The molecule has 8 heteroatoms. The lowest BCUT2D eigenvalue weighted by Crippen LogP contribution is -2.69. The number of fused-ring (bicyclic) bond motifs is 14. The lowest BCUT2D eigenvalue weighted by Gasteiger charge is -2.51. The second-order valence-electron chi connectivity index (χ2n) is 21.3. The average Bonchev–Trinajstić information content (AvgIpc) is 3.40. The van der Waals surface area contributed by atoms with Gasteiger partial charge in [-0.2, -0.15) is 0 Å². The lowest BCUT2D eigenvalue weighted by molar-refractivity contribution is 0.477. The summed E-state index contributed by atoms with van der Waals surface area (Å²) in [7, 11) is 0. The molecule has 0 radical (unpaired) electrons. The molecule has 0 bridgehead atoms. The number of nitrogens with zero attached hydrogens (tertiary/aromatic N) is 3. The molecule has 71 heavy (non-hydrogen) atoms. The fourth-order valence-electron chi connectivity index (χ4n) is 13.4. The van der Waals surface area contributed by atoms with Gasteiger partial charge < -0.3 is 24.2 Å². The first kappa shape index (κ1) is 41.0. The van der Waals surface area contributed by atoms with Crippen LogP contribution in [0.25, 0.3) is 0 Å². The van der Waals surface area contributed by atoms with Crippen molar-refractivity contribution in [3.63, 3.8) is 0 Å². The van der Waals surface area contributed by atoms with Crippen molar-refractivity contribution >= 4 is 120 Å². The minimum Gasteiger partial charge on any atom is -0.458 e. The third-order valence-electron chi connectivity index (χ3n) is 16.4. The molecule has 9 aromatic carbocycles. The van der Waals surface area contributed by atoms with Gasteiger partial charge >= 0.3 is 0 Å². The van der Waals surface area contributed by atoms with Gasteiger partial charge in [0, 0.05) is 45.9 Å². The smallest absolute Gasteiger partial charge is 0.252 e. The second-order valence-corrected chi connectivity index (χ2v) is 21.3. The molecule has 0 aliphatic carbocycles. The summed E-state index contributed by atoms with van der Waals surface area (Å²) in [5.74, 6) is 4.63. The Morgan fingerprint density at radius 3 is 1.52 bits per heavy atom. The Hall–Kier alpha value is -7.83. The minimum absolute atomic E-state index is 0.0224. The maximum Gasteiger partial charge on any atom is 0.252 e. The van der Waals surface area contributed by atoms with Gasteiger partial charge in [-0.3, -0.25) is 0 Å². The van der Waals surface area contributed by atoms with Crippen molar-refractivity contribution in [1.82, 2.24) is 0 Å². The van der Waals surface area contributed by atoms with Gasteiger partial charge in [-0.15, -0.1) is 0 Å². The molecule has 0 aromatic heterocycles. The molecule has 338 valence electrons. The van der Waals surface area contributed by atoms with Crippen LogP contribution in [0, 0.1) is 0 Å². The largest absolute Gasteiger partial charge is 0.458 e. The van der Waals surface area contributed by atoms with Gasteiger partial charge in [0.15, 0.2) is 11.5 Å².